The first kappa shape index (κ1) is 17.0. The molecule has 0 bridgehead atoms. The summed E-state index contributed by atoms with van der Waals surface area (Å²) in [5.74, 6) is -0.832. The molecule has 1 aromatic carbocycles. The number of aromatic amines is 1. The summed E-state index contributed by atoms with van der Waals surface area (Å²) in [6.45, 7) is 1.75. The van der Waals surface area contributed by atoms with Gasteiger partial charge in [0.2, 0.25) is 5.43 Å². The monoisotopic (exact) mass is 338 g/mol. The van der Waals surface area contributed by atoms with Gasteiger partial charge >= 0.3 is 0 Å². The Balaban J connectivity index is 2.29. The standard InChI is InChI=1S/C16H16ClFN2O3/c1-9-15(23-3)14(21)10(7-19-9)8-20(2)16(22)12-6-11(18)4-5-13(12)17/h4-7H,8H2,1-3H3,(H,19,21). The summed E-state index contributed by atoms with van der Waals surface area (Å²) in [4.78, 5) is 28.9. The zero-order valence-electron chi connectivity index (χ0n) is 12.9. The molecule has 122 valence electrons. The molecule has 2 aromatic rings. The van der Waals surface area contributed by atoms with Crippen molar-refractivity contribution in [3.63, 3.8) is 0 Å². The number of carbonyl (C=O) groups excluding carboxylic acids is 1. The number of hydrogen-bond donors (Lipinski definition) is 1. The number of hydrogen-bond acceptors (Lipinski definition) is 3. The molecule has 0 aliphatic carbocycles. The molecule has 0 atom stereocenters. The number of amides is 1. The molecule has 1 N–H and O–H groups in total. The Hall–Kier alpha value is -2.34. The van der Waals surface area contributed by atoms with Crippen LogP contribution in [-0.4, -0.2) is 29.9 Å². The van der Waals surface area contributed by atoms with Crippen LogP contribution in [0.25, 0.3) is 0 Å². The fourth-order valence-electron chi connectivity index (χ4n) is 2.20. The molecular formula is C16H16ClFN2O3. The van der Waals surface area contributed by atoms with Gasteiger partial charge in [-0.25, -0.2) is 4.39 Å². The van der Waals surface area contributed by atoms with Crippen LogP contribution in [0.5, 0.6) is 5.75 Å². The van der Waals surface area contributed by atoms with Gasteiger partial charge < -0.3 is 14.6 Å². The van der Waals surface area contributed by atoms with Crippen LogP contribution in [0.4, 0.5) is 4.39 Å². The molecular weight excluding hydrogens is 323 g/mol. The number of methoxy groups -OCH3 is 1. The Kier molecular flexibility index (Phi) is 5.05. The number of carbonyl (C=O) groups is 1. The highest BCUT2D eigenvalue weighted by molar-refractivity contribution is 6.33. The largest absolute Gasteiger partial charge is 0.491 e. The Morgan fingerprint density at radius 3 is 2.78 bits per heavy atom. The fraction of sp³-hybridized carbons (Fsp3) is 0.250. The van der Waals surface area contributed by atoms with E-state index in [0.717, 1.165) is 6.07 Å². The van der Waals surface area contributed by atoms with E-state index in [1.54, 1.807) is 6.92 Å². The maximum Gasteiger partial charge on any atom is 0.255 e. The van der Waals surface area contributed by atoms with Gasteiger partial charge in [-0.2, -0.15) is 0 Å². The number of aromatic nitrogens is 1. The maximum atomic E-state index is 13.3. The van der Waals surface area contributed by atoms with E-state index in [1.807, 2.05) is 0 Å². The normalized spacial score (nSPS) is 10.5. The Morgan fingerprint density at radius 2 is 2.13 bits per heavy atom. The highest BCUT2D eigenvalue weighted by atomic mass is 35.5. The second-order valence-electron chi connectivity index (χ2n) is 5.09. The summed E-state index contributed by atoms with van der Waals surface area (Å²) < 4.78 is 18.4. The van der Waals surface area contributed by atoms with Crippen molar-refractivity contribution in [3.05, 3.63) is 62.3 Å². The van der Waals surface area contributed by atoms with E-state index in [4.69, 9.17) is 16.3 Å². The fourth-order valence-corrected chi connectivity index (χ4v) is 2.40. The lowest BCUT2D eigenvalue weighted by molar-refractivity contribution is 0.0784. The van der Waals surface area contributed by atoms with Gasteiger partial charge in [0, 0.05) is 18.8 Å². The second kappa shape index (κ2) is 6.83. The van der Waals surface area contributed by atoms with Crippen LogP contribution in [0.15, 0.2) is 29.2 Å². The summed E-state index contributed by atoms with van der Waals surface area (Å²) in [6.07, 6.45) is 1.52. The number of aryl methyl sites for hydroxylation is 1. The van der Waals surface area contributed by atoms with Crippen molar-refractivity contribution >= 4 is 17.5 Å². The topological polar surface area (TPSA) is 62.4 Å². The molecule has 23 heavy (non-hydrogen) atoms. The molecule has 2 rings (SSSR count). The van der Waals surface area contributed by atoms with Gasteiger partial charge in [-0.15, -0.1) is 0 Å². The van der Waals surface area contributed by atoms with Gasteiger partial charge in [0.15, 0.2) is 5.75 Å². The third-order valence-corrected chi connectivity index (χ3v) is 3.75. The van der Waals surface area contributed by atoms with Gasteiger partial charge in [0.1, 0.15) is 5.82 Å². The maximum absolute atomic E-state index is 13.3. The minimum absolute atomic E-state index is 0.0393. The van der Waals surface area contributed by atoms with Gasteiger partial charge in [-0.3, -0.25) is 9.59 Å². The molecule has 0 spiro atoms. The van der Waals surface area contributed by atoms with E-state index in [9.17, 15) is 14.0 Å². The van der Waals surface area contributed by atoms with Crippen LogP contribution in [0.2, 0.25) is 5.02 Å². The SMILES string of the molecule is COc1c(C)[nH]cc(CN(C)C(=O)c2cc(F)ccc2Cl)c1=O. The van der Waals surface area contributed by atoms with Crippen molar-refractivity contribution in [2.45, 2.75) is 13.5 Å². The van der Waals surface area contributed by atoms with Crippen molar-refractivity contribution in [1.29, 1.82) is 0 Å². The molecule has 1 aromatic heterocycles. The molecule has 1 heterocycles. The smallest absolute Gasteiger partial charge is 0.255 e. The highest BCUT2D eigenvalue weighted by Gasteiger charge is 2.18. The average Bonchev–Trinajstić information content (AvgIpc) is 2.52. The minimum Gasteiger partial charge on any atom is -0.491 e. The molecule has 5 nitrogen and oxygen atoms in total. The number of nitrogens with one attached hydrogen (secondary N) is 1. The summed E-state index contributed by atoms with van der Waals surface area (Å²) in [6, 6.07) is 3.56. The Labute approximate surface area is 137 Å². The zero-order valence-corrected chi connectivity index (χ0v) is 13.7. The van der Waals surface area contributed by atoms with Gasteiger partial charge in [-0.05, 0) is 25.1 Å². The number of nitrogens with zero attached hydrogens (tertiary/aromatic N) is 1. The molecule has 0 aliphatic heterocycles. The van der Waals surface area contributed by atoms with E-state index in [1.165, 1.54) is 37.4 Å². The summed E-state index contributed by atoms with van der Waals surface area (Å²) in [5, 5.41) is 0.152. The van der Waals surface area contributed by atoms with Crippen molar-refractivity contribution in [2.24, 2.45) is 0 Å². The van der Waals surface area contributed by atoms with Crippen molar-refractivity contribution in [2.75, 3.05) is 14.2 Å². The third kappa shape index (κ3) is 3.53. The predicted molar refractivity (Wildman–Crippen MR) is 85.6 cm³/mol. The zero-order chi connectivity index (χ0) is 17.1. The van der Waals surface area contributed by atoms with Crippen molar-refractivity contribution in [1.82, 2.24) is 9.88 Å². The van der Waals surface area contributed by atoms with Crippen LogP contribution in [-0.2, 0) is 6.54 Å². The lowest BCUT2D eigenvalue weighted by Gasteiger charge is -2.18. The molecule has 0 fully saturated rings. The first-order valence-corrected chi connectivity index (χ1v) is 7.18. The van der Waals surface area contributed by atoms with Crippen molar-refractivity contribution < 1.29 is 13.9 Å². The summed E-state index contributed by atoms with van der Waals surface area (Å²) in [5.41, 5.74) is 0.706. The van der Waals surface area contributed by atoms with E-state index >= 15 is 0 Å². The lowest BCUT2D eigenvalue weighted by Crippen LogP contribution is -2.29. The third-order valence-electron chi connectivity index (χ3n) is 3.42. The molecule has 1 amide bonds. The van der Waals surface area contributed by atoms with Crippen LogP contribution in [0.3, 0.4) is 0 Å². The van der Waals surface area contributed by atoms with Gasteiger partial charge in [0.05, 0.1) is 29.9 Å². The van der Waals surface area contributed by atoms with E-state index < -0.39 is 11.7 Å². The first-order chi connectivity index (χ1) is 10.8. The van der Waals surface area contributed by atoms with Crippen molar-refractivity contribution in [3.8, 4) is 5.75 Å². The first-order valence-electron chi connectivity index (χ1n) is 6.80. The predicted octanol–water partition coefficient (Wildman–Crippen LogP) is 2.76. The van der Waals surface area contributed by atoms with Crippen LogP contribution < -0.4 is 10.2 Å². The van der Waals surface area contributed by atoms with Crippen LogP contribution in [0.1, 0.15) is 21.6 Å². The summed E-state index contributed by atoms with van der Waals surface area (Å²) >= 11 is 5.94. The second-order valence-corrected chi connectivity index (χ2v) is 5.49. The number of ether oxygens (including phenoxy) is 1. The molecule has 0 unspecified atom stereocenters. The minimum atomic E-state index is -0.555. The number of benzene rings is 1. The van der Waals surface area contributed by atoms with E-state index in [-0.39, 0.29) is 28.3 Å². The highest BCUT2D eigenvalue weighted by Crippen LogP contribution is 2.19. The number of H-pyrrole nitrogens is 1. The Morgan fingerprint density at radius 1 is 1.43 bits per heavy atom. The van der Waals surface area contributed by atoms with Crippen LogP contribution >= 0.6 is 11.6 Å². The number of rotatable bonds is 4. The quantitative estimate of drug-likeness (QED) is 0.932. The molecule has 0 aliphatic rings. The number of pyridine rings is 1. The summed E-state index contributed by atoms with van der Waals surface area (Å²) in [7, 11) is 2.91. The average molecular weight is 339 g/mol. The van der Waals surface area contributed by atoms with Gasteiger partial charge in [-0.1, -0.05) is 11.6 Å². The van der Waals surface area contributed by atoms with Crippen LogP contribution in [0, 0.1) is 12.7 Å². The van der Waals surface area contributed by atoms with E-state index in [2.05, 4.69) is 4.98 Å². The van der Waals surface area contributed by atoms with Gasteiger partial charge in [0.25, 0.3) is 5.91 Å². The molecule has 0 radical (unpaired) electrons. The molecule has 7 heteroatoms. The molecule has 0 saturated carbocycles. The lowest BCUT2D eigenvalue weighted by atomic mass is 10.1. The Bertz CT molecular complexity index is 804. The number of halogens is 2. The van der Waals surface area contributed by atoms with E-state index in [0.29, 0.717) is 11.3 Å². The molecule has 0 saturated heterocycles.